The summed E-state index contributed by atoms with van der Waals surface area (Å²) < 4.78 is 0. The van der Waals surface area contributed by atoms with Gasteiger partial charge in [-0.1, -0.05) is 214 Å². The SMILES string of the molecule is C=CC/C=C\c1c(C)cccc1CC.CC.C\C=C/C=C\C=C\S1(C/C=C\C/C=C\S)C2=C(Sc3ccccc31)C(c1ccc(C)cc1)=CC=CC2.Cc1ccccc1. The number of aryl methyl sites for hydroxylation is 4. The van der Waals surface area contributed by atoms with E-state index in [1.54, 1.807) is 4.91 Å². The number of hydrogen-bond donors (Lipinski definition) is 1. The van der Waals surface area contributed by atoms with Gasteiger partial charge in [-0.15, -0.1) is 6.58 Å². The first kappa shape index (κ1) is 48.7. The first-order valence-electron chi connectivity index (χ1n) is 20.9. The highest BCUT2D eigenvalue weighted by molar-refractivity contribution is 8.40. The minimum absolute atomic E-state index is 0.903. The van der Waals surface area contributed by atoms with Crippen LogP contribution in [-0.4, -0.2) is 5.75 Å². The van der Waals surface area contributed by atoms with Crippen molar-refractivity contribution in [2.24, 2.45) is 0 Å². The Morgan fingerprint density at radius 2 is 1.46 bits per heavy atom. The topological polar surface area (TPSA) is 0 Å². The first-order chi connectivity index (χ1) is 28.9. The molecule has 0 saturated carbocycles. The molecule has 0 amide bonds. The Morgan fingerprint density at radius 1 is 0.746 bits per heavy atom. The van der Waals surface area contributed by atoms with Crippen LogP contribution in [0.2, 0.25) is 0 Å². The van der Waals surface area contributed by atoms with Crippen LogP contribution < -0.4 is 0 Å². The molecule has 4 aromatic rings. The maximum Gasteiger partial charge on any atom is 0.0290 e. The molecule has 0 saturated heterocycles. The van der Waals surface area contributed by atoms with Crippen molar-refractivity contribution >= 4 is 46.1 Å². The lowest BCUT2D eigenvalue weighted by atomic mass is 9.99. The molecule has 0 nitrogen and oxygen atoms in total. The molecule has 0 aromatic heterocycles. The molecule has 2 aliphatic rings. The molecule has 0 N–H and O–H groups in total. The van der Waals surface area contributed by atoms with E-state index in [0.717, 1.165) is 31.4 Å². The normalized spacial score (nSPS) is 17.1. The minimum Gasteiger partial charge on any atom is -0.165 e. The molecular weight excluding hydrogens is 769 g/mol. The summed E-state index contributed by atoms with van der Waals surface area (Å²) in [5.74, 6) is 0.993. The Balaban J connectivity index is 0.000000329. The van der Waals surface area contributed by atoms with Crippen molar-refractivity contribution in [3.05, 3.63) is 237 Å². The summed E-state index contributed by atoms with van der Waals surface area (Å²) in [7, 11) is -1.42. The summed E-state index contributed by atoms with van der Waals surface area (Å²) in [5, 5.41) is 4.33. The third kappa shape index (κ3) is 15.1. The molecule has 308 valence electrons. The number of hydrogen-bond acceptors (Lipinski definition) is 2. The molecular formula is C56H66S3. The van der Waals surface area contributed by atoms with E-state index in [9.17, 15) is 0 Å². The van der Waals surface area contributed by atoms with Gasteiger partial charge in [0, 0.05) is 20.4 Å². The Kier molecular flexibility index (Phi) is 23.0. The third-order valence-corrected chi connectivity index (χ3v) is 15.0. The quantitative estimate of drug-likeness (QED) is 0.0843. The lowest BCUT2D eigenvalue weighted by molar-refractivity contribution is 1.12. The van der Waals surface area contributed by atoms with E-state index in [-0.39, 0.29) is 0 Å². The average Bonchev–Trinajstić information content (AvgIpc) is 3.49. The van der Waals surface area contributed by atoms with Gasteiger partial charge in [0.15, 0.2) is 0 Å². The first-order valence-corrected chi connectivity index (χ1v) is 24.1. The zero-order valence-electron chi connectivity index (χ0n) is 36.5. The molecule has 3 heteroatoms. The van der Waals surface area contributed by atoms with Crippen molar-refractivity contribution in [3.8, 4) is 0 Å². The van der Waals surface area contributed by atoms with E-state index in [2.05, 4.69) is 210 Å². The van der Waals surface area contributed by atoms with Crippen LogP contribution in [0, 0.1) is 20.8 Å². The molecule has 0 bridgehead atoms. The van der Waals surface area contributed by atoms with Crippen LogP contribution in [0.1, 0.15) is 80.3 Å². The fourth-order valence-electron chi connectivity index (χ4n) is 6.50. The van der Waals surface area contributed by atoms with Crippen molar-refractivity contribution in [3.63, 3.8) is 0 Å². The lowest BCUT2D eigenvalue weighted by Crippen LogP contribution is -2.12. The Bertz CT molecular complexity index is 2150. The number of thiol groups is 1. The molecule has 59 heavy (non-hydrogen) atoms. The van der Waals surface area contributed by atoms with Crippen LogP contribution in [0.4, 0.5) is 0 Å². The van der Waals surface area contributed by atoms with Crippen LogP contribution in [0.5, 0.6) is 0 Å². The fourth-order valence-corrected chi connectivity index (χ4v) is 12.2. The standard InChI is InChI=1S/C33H34S3.C14H18.C7H8.C2H6/c1-3-4-5-7-14-25-36(26-15-8-6-13-24-34)31-18-12-10-17-30(31)35-33-29(16-9-11-19-32(33)36)28-22-20-27(2)21-23-28;1-4-6-7-11-14-12(3)9-8-10-13(14)5-2;1-7-5-3-2-4-6-7;1-2/h3-5,7-18,20-25,34H,6,19,26H2,1-2H3;4,7-11H,1,5-6H2,2-3H3;2-6H,1H3;1-2H3/b4-3-,7-5-,15-8-,24-13-,25-14+;11-7-;;. The molecule has 1 aliphatic heterocycles. The van der Waals surface area contributed by atoms with Crippen molar-refractivity contribution < 1.29 is 0 Å². The average molecular weight is 835 g/mol. The van der Waals surface area contributed by atoms with Gasteiger partial charge < -0.3 is 0 Å². The minimum atomic E-state index is -1.42. The second-order valence-corrected chi connectivity index (χ2v) is 18.2. The highest BCUT2D eigenvalue weighted by atomic mass is 32.3. The maximum atomic E-state index is 4.22. The van der Waals surface area contributed by atoms with E-state index in [4.69, 9.17) is 0 Å². The highest BCUT2D eigenvalue weighted by Crippen LogP contribution is 2.72. The van der Waals surface area contributed by atoms with Crippen molar-refractivity contribution in [2.75, 3.05) is 5.75 Å². The highest BCUT2D eigenvalue weighted by Gasteiger charge is 2.37. The summed E-state index contributed by atoms with van der Waals surface area (Å²) in [4.78, 5) is 5.81. The summed E-state index contributed by atoms with van der Waals surface area (Å²) in [5.41, 5.74) is 9.37. The second kappa shape index (κ2) is 27.9. The predicted octanol–water partition coefficient (Wildman–Crippen LogP) is 17.7. The van der Waals surface area contributed by atoms with Crippen LogP contribution in [0.15, 0.2) is 213 Å². The van der Waals surface area contributed by atoms with Gasteiger partial charge >= 0.3 is 0 Å². The Hall–Kier alpha value is -4.67. The van der Waals surface area contributed by atoms with Gasteiger partial charge in [-0.25, -0.2) is 0 Å². The zero-order valence-corrected chi connectivity index (χ0v) is 39.0. The number of allylic oxidation sites excluding steroid dienone is 14. The zero-order chi connectivity index (χ0) is 42.7. The van der Waals surface area contributed by atoms with Crippen molar-refractivity contribution in [1.82, 2.24) is 0 Å². The summed E-state index contributed by atoms with van der Waals surface area (Å²) in [6, 6.07) is 34.7. The van der Waals surface area contributed by atoms with Gasteiger partial charge in [-0.3, -0.25) is 0 Å². The molecule has 1 atom stereocenters. The van der Waals surface area contributed by atoms with Gasteiger partial charge in [0.05, 0.1) is 0 Å². The van der Waals surface area contributed by atoms with E-state index in [1.807, 2.05) is 62.2 Å². The summed E-state index contributed by atoms with van der Waals surface area (Å²) in [6.45, 7) is 18.3. The van der Waals surface area contributed by atoms with Gasteiger partial charge in [-0.2, -0.15) is 22.7 Å². The number of fused-ring (bicyclic) bond motifs is 1. The molecule has 6 rings (SSSR count). The number of benzene rings is 4. The Labute approximate surface area is 370 Å². The summed E-state index contributed by atoms with van der Waals surface area (Å²) in [6.07, 6.45) is 34.5. The van der Waals surface area contributed by atoms with Gasteiger partial charge in [-0.05, 0) is 109 Å². The molecule has 1 aliphatic carbocycles. The van der Waals surface area contributed by atoms with Gasteiger partial charge in [0.25, 0.3) is 0 Å². The molecule has 0 fully saturated rings. The van der Waals surface area contributed by atoms with E-state index in [1.165, 1.54) is 53.6 Å². The van der Waals surface area contributed by atoms with Crippen LogP contribution >= 0.6 is 34.4 Å². The van der Waals surface area contributed by atoms with Gasteiger partial charge in [0.1, 0.15) is 0 Å². The predicted molar refractivity (Wildman–Crippen MR) is 275 cm³/mol. The van der Waals surface area contributed by atoms with E-state index >= 15 is 0 Å². The molecule has 1 heterocycles. The monoisotopic (exact) mass is 834 g/mol. The smallest absolute Gasteiger partial charge is 0.0290 e. The molecule has 0 radical (unpaired) electrons. The largest absolute Gasteiger partial charge is 0.165 e. The second-order valence-electron chi connectivity index (χ2n) is 13.8. The van der Waals surface area contributed by atoms with Crippen molar-refractivity contribution in [1.29, 1.82) is 0 Å². The third-order valence-electron chi connectivity index (χ3n) is 9.52. The van der Waals surface area contributed by atoms with Crippen LogP contribution in [-0.2, 0) is 6.42 Å². The molecule has 1 unspecified atom stereocenters. The summed E-state index contributed by atoms with van der Waals surface area (Å²) >= 11 is 6.16. The number of rotatable bonds is 12. The van der Waals surface area contributed by atoms with Crippen LogP contribution in [0.25, 0.3) is 11.6 Å². The van der Waals surface area contributed by atoms with E-state index in [0.29, 0.717) is 0 Å². The van der Waals surface area contributed by atoms with E-state index < -0.39 is 10.0 Å². The van der Waals surface area contributed by atoms with Crippen molar-refractivity contribution in [2.45, 2.75) is 83.9 Å². The lowest BCUT2D eigenvalue weighted by Gasteiger charge is -2.44. The fraction of sp³-hybridized carbons (Fsp3) is 0.214. The molecule has 0 spiro atoms. The number of thioether (sulfide) groups is 1. The Morgan fingerprint density at radius 3 is 2.14 bits per heavy atom. The maximum absolute atomic E-state index is 4.22. The van der Waals surface area contributed by atoms with Gasteiger partial charge in [0.2, 0.25) is 0 Å². The van der Waals surface area contributed by atoms with Crippen LogP contribution in [0.3, 0.4) is 0 Å². The molecule has 4 aromatic carbocycles.